The predicted octanol–water partition coefficient (Wildman–Crippen LogP) is 4.91. The number of hydrogen-bond acceptors (Lipinski definition) is 10. The highest BCUT2D eigenvalue weighted by Crippen LogP contribution is 2.35. The Morgan fingerprint density at radius 2 is 1.22 bits per heavy atom. The number of rotatable bonds is 13. The van der Waals surface area contributed by atoms with E-state index in [1.165, 1.54) is 27.7 Å². The van der Waals surface area contributed by atoms with E-state index in [4.69, 9.17) is 14.2 Å². The van der Waals surface area contributed by atoms with Gasteiger partial charge in [-0.05, 0) is 54.9 Å². The van der Waals surface area contributed by atoms with Crippen LogP contribution >= 0.6 is 0 Å². The minimum atomic E-state index is -0.900. The first-order chi connectivity index (χ1) is 28.2. The van der Waals surface area contributed by atoms with Crippen molar-refractivity contribution in [3.05, 3.63) is 90.8 Å². The van der Waals surface area contributed by atoms with Crippen LogP contribution < -0.4 is 10.6 Å². The average Bonchev–Trinajstić information content (AvgIpc) is 4.11. The fourth-order valence-corrected chi connectivity index (χ4v) is 7.72. The number of H-pyrrole nitrogens is 3. The van der Waals surface area contributed by atoms with E-state index in [-0.39, 0.29) is 30.3 Å². The molecular formula is C41H48N10O7. The molecule has 0 aliphatic carbocycles. The molecule has 0 unspecified atom stereocenters. The summed E-state index contributed by atoms with van der Waals surface area (Å²) in [6, 6.07) is 14.1. The number of hydrogen-bond donors (Lipinski definition) is 5. The Labute approximate surface area is 335 Å². The molecule has 3 aromatic heterocycles. The second kappa shape index (κ2) is 17.8. The first-order valence-corrected chi connectivity index (χ1v) is 19.3. The summed E-state index contributed by atoms with van der Waals surface area (Å²) in [7, 11) is 4.02. The number of benzene rings is 2. The number of ether oxygens (including phenoxy) is 3. The van der Waals surface area contributed by atoms with Gasteiger partial charge in [0.2, 0.25) is 11.8 Å². The number of nitrogens with zero attached hydrogens (tertiary/aromatic N) is 5. The van der Waals surface area contributed by atoms with E-state index in [1.54, 1.807) is 35.3 Å². The largest absolute Gasteiger partial charge is 0.453 e. The van der Waals surface area contributed by atoms with Crippen LogP contribution in [0.5, 0.6) is 0 Å². The molecule has 5 N–H and O–H groups in total. The first-order valence-electron chi connectivity index (χ1n) is 19.3. The summed E-state index contributed by atoms with van der Waals surface area (Å²) in [6.07, 6.45) is 8.13. The van der Waals surface area contributed by atoms with Gasteiger partial charge in [-0.1, -0.05) is 48.5 Å². The average molecular weight is 793 g/mol. The van der Waals surface area contributed by atoms with Gasteiger partial charge in [-0.15, -0.1) is 0 Å². The molecule has 17 nitrogen and oxygen atoms in total. The van der Waals surface area contributed by atoms with Gasteiger partial charge in [0, 0.05) is 38.5 Å². The standard InChI is InChI=1S/C41H48N10O7/c1-24(56-2)35(49-41(55)58-4)39(53)51-18-6-8-34(51)37-44-22-32(47-37)28-15-11-26(12-16-28)25-9-13-27(14-10-25)31-21-43-36(46-31)33-7-5-17-50(33)38(52)30(48-40(54)57-3)19-29-20-42-23-45-29/h9-16,20-24,30,33-35H,5-8,17-19H2,1-4H3,(H,42,45)(H,43,46)(H,44,47)(H,48,54)(H,49,55)/t24-,30+,33+,34+,35+/m1/s1. The highest BCUT2D eigenvalue weighted by Gasteiger charge is 2.39. The van der Waals surface area contributed by atoms with Crippen molar-refractivity contribution >= 4 is 24.0 Å². The number of aromatic amines is 3. The Morgan fingerprint density at radius 3 is 1.71 bits per heavy atom. The number of carbonyl (C=O) groups excluding carboxylic acids is 4. The van der Waals surface area contributed by atoms with Crippen molar-refractivity contribution in [3.63, 3.8) is 0 Å². The molecule has 7 rings (SSSR count). The maximum atomic E-state index is 13.8. The third kappa shape index (κ3) is 8.58. The van der Waals surface area contributed by atoms with Gasteiger partial charge in [-0.25, -0.2) is 24.5 Å². The lowest BCUT2D eigenvalue weighted by molar-refractivity contribution is -0.137. The minimum absolute atomic E-state index is 0.214. The maximum absolute atomic E-state index is 13.8. The molecule has 5 heterocycles. The molecule has 0 radical (unpaired) electrons. The molecule has 304 valence electrons. The molecule has 0 saturated carbocycles. The van der Waals surface area contributed by atoms with Gasteiger partial charge in [0.25, 0.3) is 0 Å². The zero-order valence-corrected chi connectivity index (χ0v) is 32.9. The highest BCUT2D eigenvalue weighted by atomic mass is 16.5. The van der Waals surface area contributed by atoms with Crippen LogP contribution in [0.1, 0.15) is 62.0 Å². The van der Waals surface area contributed by atoms with Crippen molar-refractivity contribution in [2.75, 3.05) is 34.4 Å². The fraction of sp³-hybridized carbons (Fsp3) is 0.390. The number of carbonyl (C=O) groups is 4. The third-order valence-electron chi connectivity index (χ3n) is 10.9. The number of nitrogens with one attached hydrogen (secondary N) is 5. The Bertz CT molecular complexity index is 2180. The van der Waals surface area contributed by atoms with E-state index in [1.807, 2.05) is 24.3 Å². The second-order valence-electron chi connectivity index (χ2n) is 14.4. The summed E-state index contributed by atoms with van der Waals surface area (Å²) in [5.74, 6) is 0.905. The number of imidazole rings is 3. The molecule has 5 aromatic rings. The summed E-state index contributed by atoms with van der Waals surface area (Å²) in [4.78, 5) is 78.3. The molecular weight excluding hydrogens is 745 g/mol. The van der Waals surface area contributed by atoms with E-state index in [0.29, 0.717) is 24.7 Å². The summed E-state index contributed by atoms with van der Waals surface area (Å²) in [6.45, 7) is 2.81. The van der Waals surface area contributed by atoms with E-state index in [9.17, 15) is 19.2 Å². The van der Waals surface area contributed by atoms with Gasteiger partial charge >= 0.3 is 12.2 Å². The molecule has 58 heavy (non-hydrogen) atoms. The molecule has 2 fully saturated rings. The molecule has 4 amide bonds. The van der Waals surface area contributed by atoms with Crippen LogP contribution in [0.3, 0.4) is 0 Å². The van der Waals surface area contributed by atoms with Crippen LogP contribution in [0.4, 0.5) is 9.59 Å². The van der Waals surface area contributed by atoms with Crippen LogP contribution in [0.15, 0.2) is 73.4 Å². The quantitative estimate of drug-likeness (QED) is 0.109. The Balaban J connectivity index is 0.999. The summed E-state index contributed by atoms with van der Waals surface area (Å²) >= 11 is 0. The van der Waals surface area contributed by atoms with Crippen molar-refractivity contribution in [1.29, 1.82) is 0 Å². The van der Waals surface area contributed by atoms with Crippen molar-refractivity contribution in [2.24, 2.45) is 0 Å². The number of alkyl carbamates (subject to hydrolysis) is 2. The summed E-state index contributed by atoms with van der Waals surface area (Å²) in [5, 5.41) is 5.30. The van der Waals surface area contributed by atoms with Crippen LogP contribution in [0.2, 0.25) is 0 Å². The van der Waals surface area contributed by atoms with Gasteiger partial charge in [-0.3, -0.25) is 9.59 Å². The number of methoxy groups -OCH3 is 3. The Morgan fingerprint density at radius 1 is 0.724 bits per heavy atom. The molecule has 2 aliphatic heterocycles. The number of likely N-dealkylation sites (tertiary alicyclic amines) is 2. The van der Waals surface area contributed by atoms with E-state index in [2.05, 4.69) is 64.8 Å². The lowest BCUT2D eigenvalue weighted by Crippen LogP contribution is -2.54. The molecule has 0 spiro atoms. The minimum Gasteiger partial charge on any atom is -0.453 e. The smallest absolute Gasteiger partial charge is 0.407 e. The molecule has 2 aromatic carbocycles. The fourth-order valence-electron chi connectivity index (χ4n) is 7.72. The van der Waals surface area contributed by atoms with E-state index in [0.717, 1.165) is 65.0 Å². The van der Waals surface area contributed by atoms with Gasteiger partial charge in [0.15, 0.2) is 0 Å². The lowest BCUT2D eigenvalue weighted by atomic mass is 10.0. The van der Waals surface area contributed by atoms with Gasteiger partial charge in [-0.2, -0.15) is 0 Å². The number of amides is 4. The molecule has 2 saturated heterocycles. The van der Waals surface area contributed by atoms with Crippen molar-refractivity contribution < 1.29 is 33.4 Å². The molecule has 2 aliphatic rings. The van der Waals surface area contributed by atoms with Crippen LogP contribution in [-0.2, 0) is 30.2 Å². The first kappa shape index (κ1) is 39.7. The molecule has 0 bridgehead atoms. The Hall–Kier alpha value is -6.49. The zero-order chi connectivity index (χ0) is 40.8. The topological polar surface area (TPSA) is 213 Å². The molecule has 17 heteroatoms. The van der Waals surface area contributed by atoms with Crippen LogP contribution in [0, 0.1) is 0 Å². The lowest BCUT2D eigenvalue weighted by Gasteiger charge is -2.30. The van der Waals surface area contributed by atoms with Crippen molar-refractivity contribution in [2.45, 2.75) is 69.3 Å². The summed E-state index contributed by atoms with van der Waals surface area (Å²) < 4.78 is 14.9. The highest BCUT2D eigenvalue weighted by molar-refractivity contribution is 5.87. The second-order valence-corrected chi connectivity index (χ2v) is 14.4. The predicted molar refractivity (Wildman–Crippen MR) is 212 cm³/mol. The maximum Gasteiger partial charge on any atom is 0.407 e. The summed E-state index contributed by atoms with van der Waals surface area (Å²) in [5.41, 5.74) is 6.36. The van der Waals surface area contributed by atoms with Gasteiger partial charge in [0.1, 0.15) is 23.7 Å². The molecule has 5 atom stereocenters. The van der Waals surface area contributed by atoms with E-state index >= 15 is 0 Å². The monoisotopic (exact) mass is 792 g/mol. The normalized spacial score (nSPS) is 18.1. The van der Waals surface area contributed by atoms with Gasteiger partial charge < -0.3 is 49.6 Å². The van der Waals surface area contributed by atoms with Crippen LogP contribution in [-0.4, -0.2) is 116 Å². The third-order valence-corrected chi connectivity index (χ3v) is 10.9. The van der Waals surface area contributed by atoms with Crippen LogP contribution in [0.25, 0.3) is 33.6 Å². The van der Waals surface area contributed by atoms with E-state index < -0.39 is 30.4 Å². The van der Waals surface area contributed by atoms with Gasteiger partial charge in [0.05, 0.1) is 62.5 Å². The van der Waals surface area contributed by atoms with Crippen molar-refractivity contribution in [1.82, 2.24) is 50.3 Å². The SMILES string of the molecule is COC(=O)N[C@@H](Cc1cnc[nH]1)C(=O)N1CCC[C@H]1c1ncc(-c2ccc(-c3ccc(-c4cnc([C@@H]5CCCN5C(=O)[C@@H](NC(=O)OC)[C@@H](C)OC)[nH]4)cc3)cc2)[nH]1. The zero-order valence-electron chi connectivity index (χ0n) is 32.9. The number of aromatic nitrogens is 6. The Kier molecular flexibility index (Phi) is 12.2. The van der Waals surface area contributed by atoms with Crippen molar-refractivity contribution in [3.8, 4) is 33.6 Å².